The van der Waals surface area contributed by atoms with Crippen molar-refractivity contribution in [3.63, 3.8) is 0 Å². The van der Waals surface area contributed by atoms with E-state index in [2.05, 4.69) is 15.8 Å². The highest BCUT2D eigenvalue weighted by Crippen LogP contribution is 2.25. The van der Waals surface area contributed by atoms with E-state index in [1.165, 1.54) is 0 Å². The number of hydrogen-bond donors (Lipinski definition) is 2. The van der Waals surface area contributed by atoms with Crippen LogP contribution in [-0.4, -0.2) is 29.2 Å². The standard InChI is InChI=1S/C17H21N3O3/c1-11-10-17(2,23-20-11)16(22)19-14-5-3-12(4-6-14)9-15(21)18-13-7-8-13/h3-6,13H,7-10H2,1-2H3,(H,18,21)(H,19,22). The molecule has 6 nitrogen and oxygen atoms in total. The molecule has 6 heteroatoms. The third kappa shape index (κ3) is 3.88. The number of nitrogens with zero attached hydrogens (tertiary/aromatic N) is 1. The normalized spacial score (nSPS) is 23.0. The minimum Gasteiger partial charge on any atom is -0.379 e. The van der Waals surface area contributed by atoms with Crippen molar-refractivity contribution in [2.75, 3.05) is 5.32 Å². The Morgan fingerprint density at radius 2 is 2.00 bits per heavy atom. The third-order valence-electron chi connectivity index (χ3n) is 4.00. The minimum atomic E-state index is -0.951. The van der Waals surface area contributed by atoms with Crippen LogP contribution < -0.4 is 10.6 Å². The van der Waals surface area contributed by atoms with Crippen LogP contribution in [0.4, 0.5) is 5.69 Å². The summed E-state index contributed by atoms with van der Waals surface area (Å²) in [6.45, 7) is 3.55. The Hall–Kier alpha value is -2.37. The molecule has 1 aromatic carbocycles. The maximum atomic E-state index is 12.3. The molecular formula is C17H21N3O3. The molecule has 1 aliphatic carbocycles. The van der Waals surface area contributed by atoms with Gasteiger partial charge in [-0.1, -0.05) is 17.3 Å². The van der Waals surface area contributed by atoms with Gasteiger partial charge in [0.2, 0.25) is 11.5 Å². The quantitative estimate of drug-likeness (QED) is 0.872. The van der Waals surface area contributed by atoms with Gasteiger partial charge in [0, 0.05) is 18.2 Å². The fraction of sp³-hybridized carbons (Fsp3) is 0.471. The Morgan fingerprint density at radius 3 is 2.57 bits per heavy atom. The van der Waals surface area contributed by atoms with Crippen LogP contribution in [0, 0.1) is 0 Å². The molecular weight excluding hydrogens is 294 g/mol. The molecule has 2 N–H and O–H groups in total. The van der Waals surface area contributed by atoms with Gasteiger partial charge in [-0.25, -0.2) is 0 Å². The van der Waals surface area contributed by atoms with Crippen LogP contribution in [0.15, 0.2) is 29.4 Å². The van der Waals surface area contributed by atoms with Crippen molar-refractivity contribution in [1.29, 1.82) is 0 Å². The average Bonchev–Trinajstić information content (AvgIpc) is 3.24. The zero-order chi connectivity index (χ0) is 16.4. The second-order valence-electron chi connectivity index (χ2n) is 6.50. The van der Waals surface area contributed by atoms with Crippen molar-refractivity contribution in [2.45, 2.75) is 51.2 Å². The van der Waals surface area contributed by atoms with Crippen LogP contribution in [0.5, 0.6) is 0 Å². The number of oxime groups is 1. The number of nitrogens with one attached hydrogen (secondary N) is 2. The maximum Gasteiger partial charge on any atom is 0.271 e. The molecule has 1 saturated carbocycles. The first kappa shape index (κ1) is 15.5. The van der Waals surface area contributed by atoms with Crippen molar-refractivity contribution >= 4 is 23.2 Å². The molecule has 1 aromatic rings. The van der Waals surface area contributed by atoms with Gasteiger partial charge >= 0.3 is 0 Å². The number of anilines is 1. The number of hydrogen-bond acceptors (Lipinski definition) is 4. The lowest BCUT2D eigenvalue weighted by Gasteiger charge is -2.20. The van der Waals surface area contributed by atoms with Crippen LogP contribution in [0.3, 0.4) is 0 Å². The lowest BCUT2D eigenvalue weighted by Crippen LogP contribution is -2.40. The molecule has 1 unspecified atom stereocenters. The highest BCUT2D eigenvalue weighted by molar-refractivity contribution is 6.01. The number of rotatable bonds is 5. The first-order chi connectivity index (χ1) is 10.9. The highest BCUT2D eigenvalue weighted by atomic mass is 16.7. The molecule has 122 valence electrons. The van der Waals surface area contributed by atoms with Crippen LogP contribution in [0.2, 0.25) is 0 Å². The van der Waals surface area contributed by atoms with Crippen LogP contribution in [-0.2, 0) is 20.8 Å². The van der Waals surface area contributed by atoms with Crippen molar-refractivity contribution in [3.8, 4) is 0 Å². The van der Waals surface area contributed by atoms with Gasteiger partial charge in [0.05, 0.1) is 12.1 Å². The smallest absolute Gasteiger partial charge is 0.271 e. The van der Waals surface area contributed by atoms with Crippen LogP contribution in [0.1, 0.15) is 38.7 Å². The highest BCUT2D eigenvalue weighted by Gasteiger charge is 2.40. The summed E-state index contributed by atoms with van der Waals surface area (Å²) in [6, 6.07) is 7.66. The number of carbonyl (C=O) groups excluding carboxylic acids is 2. The van der Waals surface area contributed by atoms with E-state index >= 15 is 0 Å². The molecule has 0 saturated heterocycles. The molecule has 2 aliphatic rings. The third-order valence-corrected chi connectivity index (χ3v) is 4.00. The van der Waals surface area contributed by atoms with E-state index in [-0.39, 0.29) is 11.8 Å². The molecule has 1 aliphatic heterocycles. The van der Waals surface area contributed by atoms with Gasteiger partial charge < -0.3 is 15.5 Å². The van der Waals surface area contributed by atoms with Gasteiger partial charge in [-0.15, -0.1) is 0 Å². The van der Waals surface area contributed by atoms with Crippen LogP contribution >= 0.6 is 0 Å². The first-order valence-corrected chi connectivity index (χ1v) is 7.86. The summed E-state index contributed by atoms with van der Waals surface area (Å²) in [5.74, 6) is -0.180. The molecule has 0 radical (unpaired) electrons. The van der Waals surface area contributed by atoms with Gasteiger partial charge in [-0.3, -0.25) is 9.59 Å². The predicted molar refractivity (Wildman–Crippen MR) is 87.2 cm³/mol. The molecule has 0 bridgehead atoms. The number of benzene rings is 1. The molecule has 1 heterocycles. The second-order valence-corrected chi connectivity index (χ2v) is 6.50. The fourth-order valence-corrected chi connectivity index (χ4v) is 2.51. The van der Waals surface area contributed by atoms with Crippen molar-refractivity contribution in [2.24, 2.45) is 5.16 Å². The molecule has 2 amide bonds. The summed E-state index contributed by atoms with van der Waals surface area (Å²) in [4.78, 5) is 29.3. The van der Waals surface area contributed by atoms with Gasteiger partial charge in [-0.05, 0) is 44.4 Å². The van der Waals surface area contributed by atoms with E-state index in [1.807, 2.05) is 19.1 Å². The van der Waals surface area contributed by atoms with Gasteiger partial charge in [0.15, 0.2) is 0 Å². The first-order valence-electron chi connectivity index (χ1n) is 7.86. The summed E-state index contributed by atoms with van der Waals surface area (Å²) in [5, 5.41) is 9.63. The molecule has 0 spiro atoms. The summed E-state index contributed by atoms with van der Waals surface area (Å²) in [7, 11) is 0. The summed E-state index contributed by atoms with van der Waals surface area (Å²) in [6.07, 6.45) is 3.01. The zero-order valence-electron chi connectivity index (χ0n) is 13.4. The monoisotopic (exact) mass is 315 g/mol. The zero-order valence-corrected chi connectivity index (χ0v) is 13.4. The van der Waals surface area contributed by atoms with Gasteiger partial charge in [-0.2, -0.15) is 0 Å². The van der Waals surface area contributed by atoms with E-state index in [9.17, 15) is 9.59 Å². The summed E-state index contributed by atoms with van der Waals surface area (Å²) >= 11 is 0. The largest absolute Gasteiger partial charge is 0.379 e. The van der Waals surface area contributed by atoms with E-state index < -0.39 is 5.60 Å². The predicted octanol–water partition coefficient (Wildman–Crippen LogP) is 2.00. The number of amides is 2. The lowest BCUT2D eigenvalue weighted by molar-refractivity contribution is -0.135. The van der Waals surface area contributed by atoms with Gasteiger partial charge in [0.25, 0.3) is 5.91 Å². The number of carbonyl (C=O) groups is 2. The topological polar surface area (TPSA) is 79.8 Å². The lowest BCUT2D eigenvalue weighted by atomic mass is 9.99. The second kappa shape index (κ2) is 6.02. The molecule has 1 atom stereocenters. The Bertz CT molecular complexity index is 650. The molecule has 3 rings (SSSR count). The summed E-state index contributed by atoms with van der Waals surface area (Å²) in [5.41, 5.74) is 1.45. The fourth-order valence-electron chi connectivity index (χ4n) is 2.51. The minimum absolute atomic E-state index is 0.0452. The van der Waals surface area contributed by atoms with Gasteiger partial charge in [0.1, 0.15) is 0 Å². The summed E-state index contributed by atoms with van der Waals surface area (Å²) < 4.78 is 0. The Labute approximate surface area is 135 Å². The van der Waals surface area contributed by atoms with E-state index in [0.29, 0.717) is 24.6 Å². The van der Waals surface area contributed by atoms with Crippen molar-refractivity contribution in [3.05, 3.63) is 29.8 Å². The van der Waals surface area contributed by atoms with Crippen molar-refractivity contribution in [1.82, 2.24) is 5.32 Å². The van der Waals surface area contributed by atoms with E-state index in [1.54, 1.807) is 19.1 Å². The Kier molecular flexibility index (Phi) is 4.07. The van der Waals surface area contributed by atoms with E-state index in [0.717, 1.165) is 24.1 Å². The molecule has 23 heavy (non-hydrogen) atoms. The Balaban J connectivity index is 1.54. The average molecular weight is 315 g/mol. The van der Waals surface area contributed by atoms with Crippen LogP contribution in [0.25, 0.3) is 0 Å². The SMILES string of the molecule is CC1=NOC(C)(C(=O)Nc2ccc(CC(=O)NC3CC3)cc2)C1. The molecule has 0 aromatic heterocycles. The van der Waals surface area contributed by atoms with E-state index in [4.69, 9.17) is 4.84 Å². The molecule has 1 fully saturated rings. The maximum absolute atomic E-state index is 12.3. The Morgan fingerprint density at radius 1 is 1.30 bits per heavy atom. The van der Waals surface area contributed by atoms with Crippen molar-refractivity contribution < 1.29 is 14.4 Å².